The van der Waals surface area contributed by atoms with E-state index in [9.17, 15) is 4.79 Å². The molecule has 0 saturated carbocycles. The van der Waals surface area contributed by atoms with Gasteiger partial charge in [-0.05, 0) is 50.6 Å². The fourth-order valence-corrected chi connectivity index (χ4v) is 3.31. The van der Waals surface area contributed by atoms with E-state index in [0.717, 1.165) is 16.8 Å². The summed E-state index contributed by atoms with van der Waals surface area (Å²) < 4.78 is 0. The van der Waals surface area contributed by atoms with E-state index in [-0.39, 0.29) is 31.6 Å². The summed E-state index contributed by atoms with van der Waals surface area (Å²) in [5.41, 5.74) is 5.60. The quantitative estimate of drug-likeness (QED) is 0.169. The molecule has 1 heterocycles. The molecule has 0 fully saturated rings. The standard InChI is InChI=1S/C21H16N.C5H8O2.Ir/c1-14-10-11-17-15(2)13-21(22-20(17)12-14)19-9-5-7-16-6-3-4-8-18(16)19;1-4(6)3-5(2)7;/h3-8,10-13H,1-2H3;3,6H,1-2H3;/q-1;;/b;4-3-;. The average molecular weight is 575 g/mol. The second-order valence-electron chi connectivity index (χ2n) is 7.18. The number of benzene rings is 3. The molecule has 0 aliphatic rings. The topological polar surface area (TPSA) is 50.2 Å². The van der Waals surface area contributed by atoms with Gasteiger partial charge in [-0.2, -0.15) is 0 Å². The van der Waals surface area contributed by atoms with Crippen LogP contribution in [0.2, 0.25) is 0 Å². The molecule has 0 aliphatic heterocycles. The summed E-state index contributed by atoms with van der Waals surface area (Å²) in [4.78, 5) is 14.9. The van der Waals surface area contributed by atoms with Gasteiger partial charge in [-0.25, -0.2) is 0 Å². The van der Waals surface area contributed by atoms with Crippen molar-refractivity contribution in [2.45, 2.75) is 27.7 Å². The summed E-state index contributed by atoms with van der Waals surface area (Å²) in [5.74, 6) is -0.0625. The summed E-state index contributed by atoms with van der Waals surface area (Å²) >= 11 is 0. The molecule has 155 valence electrons. The summed E-state index contributed by atoms with van der Waals surface area (Å²) in [6, 6.07) is 24.5. The maximum atomic E-state index is 10.0. The van der Waals surface area contributed by atoms with Crippen molar-refractivity contribution in [1.29, 1.82) is 0 Å². The SMILES string of the molecule is CC(=O)/C=C(/C)O.Cc1ccc2c(C)cc(-c3[c-]ccc4ccccc34)nc2c1.[Ir]. The molecule has 4 heteroatoms. The van der Waals surface area contributed by atoms with Crippen molar-refractivity contribution in [3.8, 4) is 11.3 Å². The minimum atomic E-state index is -0.125. The van der Waals surface area contributed by atoms with Crippen molar-refractivity contribution >= 4 is 27.5 Å². The molecule has 0 saturated heterocycles. The van der Waals surface area contributed by atoms with Crippen LogP contribution >= 0.6 is 0 Å². The molecule has 30 heavy (non-hydrogen) atoms. The van der Waals surface area contributed by atoms with Crippen molar-refractivity contribution in [1.82, 2.24) is 4.98 Å². The Bertz CT molecular complexity index is 1220. The number of allylic oxidation sites excluding steroid dienone is 2. The first-order valence-electron chi connectivity index (χ1n) is 9.51. The van der Waals surface area contributed by atoms with E-state index in [1.807, 2.05) is 6.07 Å². The maximum Gasteiger partial charge on any atom is 0.155 e. The first-order valence-corrected chi connectivity index (χ1v) is 9.51. The van der Waals surface area contributed by atoms with E-state index in [0.29, 0.717) is 0 Å². The molecule has 0 spiro atoms. The molecule has 3 aromatic carbocycles. The molecule has 0 aliphatic carbocycles. The Morgan fingerprint density at radius 1 is 1.00 bits per heavy atom. The first kappa shape index (κ1) is 23.5. The molecular weight excluding hydrogens is 551 g/mol. The average Bonchev–Trinajstić information content (AvgIpc) is 2.66. The van der Waals surface area contributed by atoms with Gasteiger partial charge in [0, 0.05) is 31.6 Å². The van der Waals surface area contributed by atoms with Gasteiger partial charge in [-0.1, -0.05) is 47.9 Å². The van der Waals surface area contributed by atoms with Crippen LogP contribution in [0.15, 0.2) is 72.5 Å². The maximum absolute atomic E-state index is 10.0. The molecule has 0 amide bonds. The zero-order valence-electron chi connectivity index (χ0n) is 17.5. The summed E-state index contributed by atoms with van der Waals surface area (Å²) in [6.07, 6.45) is 1.17. The molecule has 1 aromatic heterocycles. The van der Waals surface area contributed by atoms with Crippen molar-refractivity contribution in [2.24, 2.45) is 0 Å². The van der Waals surface area contributed by atoms with Gasteiger partial charge >= 0.3 is 0 Å². The van der Waals surface area contributed by atoms with Crippen LogP contribution in [0.4, 0.5) is 0 Å². The van der Waals surface area contributed by atoms with Gasteiger partial charge in [0.15, 0.2) is 5.78 Å². The Morgan fingerprint density at radius 2 is 1.73 bits per heavy atom. The van der Waals surface area contributed by atoms with E-state index in [1.165, 1.54) is 47.2 Å². The molecule has 3 nitrogen and oxygen atoms in total. The van der Waals surface area contributed by atoms with Gasteiger partial charge in [-0.15, -0.1) is 29.1 Å². The largest absolute Gasteiger partial charge is 0.512 e. The Balaban J connectivity index is 0.000000350. The number of aromatic nitrogens is 1. The van der Waals surface area contributed by atoms with Gasteiger partial charge in [0.2, 0.25) is 0 Å². The Kier molecular flexibility index (Phi) is 8.05. The number of carbonyl (C=O) groups excluding carboxylic acids is 1. The number of aryl methyl sites for hydroxylation is 2. The molecule has 1 N–H and O–H groups in total. The Hall–Kier alpha value is -2.81. The third-order valence-electron chi connectivity index (χ3n) is 4.56. The normalized spacial score (nSPS) is 10.9. The number of aliphatic hydroxyl groups excluding tert-OH is 1. The van der Waals surface area contributed by atoms with Gasteiger partial charge < -0.3 is 5.11 Å². The van der Waals surface area contributed by atoms with Crippen LogP contribution in [0.5, 0.6) is 0 Å². The Morgan fingerprint density at radius 3 is 2.40 bits per heavy atom. The molecule has 4 rings (SSSR count). The van der Waals surface area contributed by atoms with Crippen molar-refractivity contribution in [3.05, 3.63) is 89.7 Å². The fourth-order valence-electron chi connectivity index (χ4n) is 3.31. The zero-order valence-corrected chi connectivity index (χ0v) is 19.9. The third-order valence-corrected chi connectivity index (χ3v) is 4.56. The van der Waals surface area contributed by atoms with Crippen molar-refractivity contribution in [2.75, 3.05) is 0 Å². The van der Waals surface area contributed by atoms with Crippen LogP contribution in [-0.4, -0.2) is 15.9 Å². The minimum absolute atomic E-state index is 0. The number of ketones is 1. The number of nitrogens with zero attached hydrogens (tertiary/aromatic N) is 1. The molecular formula is C26H24IrNO2-. The van der Waals surface area contributed by atoms with E-state index in [1.54, 1.807) is 0 Å². The first-order chi connectivity index (χ1) is 13.8. The Labute approximate surface area is 190 Å². The van der Waals surface area contributed by atoms with E-state index in [4.69, 9.17) is 10.1 Å². The summed E-state index contributed by atoms with van der Waals surface area (Å²) in [7, 11) is 0. The number of carbonyl (C=O) groups is 1. The van der Waals surface area contributed by atoms with Crippen LogP contribution in [0.1, 0.15) is 25.0 Å². The number of hydrogen-bond donors (Lipinski definition) is 1. The fraction of sp³-hybridized carbons (Fsp3) is 0.154. The number of pyridine rings is 1. The number of fused-ring (bicyclic) bond motifs is 2. The van der Waals surface area contributed by atoms with Gasteiger partial charge in [0.05, 0.1) is 11.3 Å². The predicted octanol–water partition coefficient (Wildman–Crippen LogP) is 6.51. The molecule has 0 bridgehead atoms. The summed E-state index contributed by atoms with van der Waals surface area (Å²) in [6.45, 7) is 7.10. The van der Waals surface area contributed by atoms with Crippen LogP contribution in [0, 0.1) is 19.9 Å². The number of rotatable bonds is 2. The molecule has 4 aromatic rings. The smallest absolute Gasteiger partial charge is 0.155 e. The monoisotopic (exact) mass is 575 g/mol. The van der Waals surface area contributed by atoms with Crippen LogP contribution < -0.4 is 0 Å². The van der Waals surface area contributed by atoms with E-state index < -0.39 is 0 Å². The predicted molar refractivity (Wildman–Crippen MR) is 120 cm³/mol. The van der Waals surface area contributed by atoms with Crippen molar-refractivity contribution < 1.29 is 30.0 Å². The van der Waals surface area contributed by atoms with Gasteiger partial charge in [0.25, 0.3) is 0 Å². The number of aliphatic hydroxyl groups is 1. The second kappa shape index (κ2) is 10.3. The molecule has 0 unspecified atom stereocenters. The minimum Gasteiger partial charge on any atom is -0.512 e. The van der Waals surface area contributed by atoms with Crippen LogP contribution in [-0.2, 0) is 24.9 Å². The van der Waals surface area contributed by atoms with E-state index in [2.05, 4.69) is 74.5 Å². The van der Waals surface area contributed by atoms with Crippen LogP contribution in [0.3, 0.4) is 0 Å². The second-order valence-corrected chi connectivity index (χ2v) is 7.18. The zero-order chi connectivity index (χ0) is 21.0. The molecule has 1 radical (unpaired) electrons. The molecule has 0 atom stereocenters. The van der Waals surface area contributed by atoms with Gasteiger partial charge in [0.1, 0.15) is 0 Å². The third kappa shape index (κ3) is 5.62. The summed E-state index contributed by atoms with van der Waals surface area (Å²) in [5, 5.41) is 12.0. The van der Waals surface area contributed by atoms with E-state index >= 15 is 0 Å². The van der Waals surface area contributed by atoms with Crippen LogP contribution in [0.25, 0.3) is 32.9 Å². The number of hydrogen-bond acceptors (Lipinski definition) is 3. The van der Waals surface area contributed by atoms with Crippen molar-refractivity contribution in [3.63, 3.8) is 0 Å². The van der Waals surface area contributed by atoms with Gasteiger partial charge in [-0.3, -0.25) is 9.78 Å².